The van der Waals surface area contributed by atoms with Crippen LogP contribution < -0.4 is 15.4 Å². The van der Waals surface area contributed by atoms with Crippen LogP contribution in [0.1, 0.15) is 12.0 Å². The summed E-state index contributed by atoms with van der Waals surface area (Å²) in [5, 5.41) is 5.46. The van der Waals surface area contributed by atoms with Gasteiger partial charge in [0, 0.05) is 18.3 Å². The molecule has 5 nitrogen and oxygen atoms in total. The first-order chi connectivity index (χ1) is 9.63. The summed E-state index contributed by atoms with van der Waals surface area (Å²) in [6, 6.07) is 7.42. The second-order valence-electron chi connectivity index (χ2n) is 4.63. The molecule has 0 heterocycles. The molecule has 0 saturated heterocycles. The summed E-state index contributed by atoms with van der Waals surface area (Å²) >= 11 is 0. The van der Waals surface area contributed by atoms with Crippen LogP contribution in [0.15, 0.2) is 30.5 Å². The summed E-state index contributed by atoms with van der Waals surface area (Å²) in [4.78, 5) is 13.6. The Morgan fingerprint density at radius 3 is 2.80 bits per heavy atom. The number of methoxy groups -OCH3 is 1. The first kappa shape index (κ1) is 16.0. The van der Waals surface area contributed by atoms with E-state index in [2.05, 4.69) is 15.5 Å². The van der Waals surface area contributed by atoms with Gasteiger partial charge in [-0.25, -0.2) is 4.79 Å². The highest BCUT2D eigenvalue weighted by Gasteiger charge is 1.98. The van der Waals surface area contributed by atoms with E-state index in [1.165, 1.54) is 0 Å². The van der Waals surface area contributed by atoms with Gasteiger partial charge in [-0.15, -0.1) is 0 Å². The van der Waals surface area contributed by atoms with Crippen LogP contribution in [0, 0.1) is 0 Å². The maximum Gasteiger partial charge on any atom is 0.318 e. The highest BCUT2D eigenvalue weighted by Crippen LogP contribution is 2.18. The lowest BCUT2D eigenvalue weighted by molar-refractivity contribution is 0.243. The van der Waals surface area contributed by atoms with E-state index in [-0.39, 0.29) is 6.03 Å². The zero-order valence-corrected chi connectivity index (χ0v) is 12.3. The van der Waals surface area contributed by atoms with Crippen molar-refractivity contribution in [3.63, 3.8) is 0 Å². The molecule has 110 valence electrons. The van der Waals surface area contributed by atoms with Crippen LogP contribution in [0.25, 0.3) is 6.08 Å². The quantitative estimate of drug-likeness (QED) is 0.749. The summed E-state index contributed by atoms with van der Waals surface area (Å²) in [6.07, 6.45) is 4.34. The molecule has 0 aliphatic carbocycles. The second kappa shape index (κ2) is 8.98. The highest BCUT2D eigenvalue weighted by atomic mass is 16.5. The Morgan fingerprint density at radius 2 is 2.10 bits per heavy atom. The van der Waals surface area contributed by atoms with Gasteiger partial charge in [-0.3, -0.25) is 0 Å². The highest BCUT2D eigenvalue weighted by molar-refractivity contribution is 5.76. The average molecular weight is 277 g/mol. The number of para-hydroxylation sites is 1. The molecule has 1 aromatic rings. The molecule has 0 fully saturated rings. The standard InChI is InChI=1S/C15H23N3O2/c1-18(2)12-6-10-16-15(19)17-11-9-13-7-4-5-8-14(13)20-3/h4-5,7-9,11H,6,10,12H2,1-3H3,(H2,16,17,19)/b11-9+. The van der Waals surface area contributed by atoms with E-state index in [1.54, 1.807) is 19.4 Å². The third-order valence-electron chi connectivity index (χ3n) is 2.68. The first-order valence-electron chi connectivity index (χ1n) is 6.62. The van der Waals surface area contributed by atoms with E-state index in [0.717, 1.165) is 24.3 Å². The molecule has 0 aliphatic heterocycles. The number of hydrogen-bond acceptors (Lipinski definition) is 3. The van der Waals surface area contributed by atoms with Gasteiger partial charge in [0.2, 0.25) is 0 Å². The van der Waals surface area contributed by atoms with Crippen molar-refractivity contribution >= 4 is 12.1 Å². The Bertz CT molecular complexity index is 444. The van der Waals surface area contributed by atoms with Crippen LogP contribution in [0.3, 0.4) is 0 Å². The normalized spacial score (nSPS) is 10.8. The lowest BCUT2D eigenvalue weighted by Gasteiger charge is -2.09. The number of rotatable bonds is 7. The van der Waals surface area contributed by atoms with Gasteiger partial charge in [-0.1, -0.05) is 18.2 Å². The molecule has 0 radical (unpaired) electrons. The van der Waals surface area contributed by atoms with Crippen LogP contribution >= 0.6 is 0 Å². The van der Waals surface area contributed by atoms with Crippen LogP contribution in [-0.4, -0.2) is 45.2 Å². The number of carbonyl (C=O) groups excluding carboxylic acids is 1. The van der Waals surface area contributed by atoms with Gasteiger partial charge in [0.05, 0.1) is 7.11 Å². The Morgan fingerprint density at radius 1 is 1.35 bits per heavy atom. The van der Waals surface area contributed by atoms with Gasteiger partial charge >= 0.3 is 6.03 Å². The van der Waals surface area contributed by atoms with Crippen LogP contribution in [0.4, 0.5) is 4.79 Å². The molecule has 2 amide bonds. The van der Waals surface area contributed by atoms with Crippen molar-refractivity contribution in [2.45, 2.75) is 6.42 Å². The predicted octanol–water partition coefficient (Wildman–Crippen LogP) is 1.92. The molecule has 2 N–H and O–H groups in total. The van der Waals surface area contributed by atoms with E-state index in [1.807, 2.05) is 38.4 Å². The van der Waals surface area contributed by atoms with E-state index in [9.17, 15) is 4.79 Å². The fourth-order valence-electron chi connectivity index (χ4n) is 1.66. The van der Waals surface area contributed by atoms with Gasteiger partial charge in [0.15, 0.2) is 0 Å². The zero-order chi connectivity index (χ0) is 14.8. The summed E-state index contributed by atoms with van der Waals surface area (Å²) in [5.41, 5.74) is 0.919. The number of amides is 2. The molecule has 0 atom stereocenters. The van der Waals surface area contributed by atoms with Crippen LogP contribution in [0.2, 0.25) is 0 Å². The number of benzene rings is 1. The molecule has 0 unspecified atom stereocenters. The lowest BCUT2D eigenvalue weighted by atomic mass is 10.2. The van der Waals surface area contributed by atoms with Gasteiger partial charge in [0.25, 0.3) is 0 Å². The van der Waals surface area contributed by atoms with E-state index >= 15 is 0 Å². The van der Waals surface area contributed by atoms with Crippen LogP contribution in [-0.2, 0) is 0 Å². The van der Waals surface area contributed by atoms with Crippen molar-refractivity contribution in [3.8, 4) is 5.75 Å². The minimum Gasteiger partial charge on any atom is -0.496 e. The molecular formula is C15H23N3O2. The second-order valence-corrected chi connectivity index (χ2v) is 4.63. The third-order valence-corrected chi connectivity index (χ3v) is 2.68. The zero-order valence-electron chi connectivity index (χ0n) is 12.3. The molecule has 0 aliphatic rings. The average Bonchev–Trinajstić information content (AvgIpc) is 2.44. The SMILES string of the molecule is COc1ccccc1/C=C/NC(=O)NCCCN(C)C. The molecule has 1 aromatic carbocycles. The van der Waals surface area contributed by atoms with Gasteiger partial charge in [0.1, 0.15) is 5.75 Å². The molecule has 5 heteroatoms. The lowest BCUT2D eigenvalue weighted by Crippen LogP contribution is -2.33. The topological polar surface area (TPSA) is 53.6 Å². The van der Waals surface area contributed by atoms with Gasteiger partial charge < -0.3 is 20.3 Å². The molecular weight excluding hydrogens is 254 g/mol. The molecule has 0 bridgehead atoms. The summed E-state index contributed by atoms with van der Waals surface area (Å²) in [7, 11) is 5.64. The van der Waals surface area contributed by atoms with Gasteiger partial charge in [-0.2, -0.15) is 0 Å². The Kier molecular flexibility index (Phi) is 7.21. The minimum absolute atomic E-state index is 0.199. The largest absolute Gasteiger partial charge is 0.496 e. The Hall–Kier alpha value is -2.01. The smallest absolute Gasteiger partial charge is 0.318 e. The van der Waals surface area contributed by atoms with Crippen molar-refractivity contribution in [1.29, 1.82) is 0 Å². The molecule has 0 spiro atoms. The molecule has 20 heavy (non-hydrogen) atoms. The Labute approximate surface area is 120 Å². The number of urea groups is 1. The maximum atomic E-state index is 11.5. The van der Waals surface area contributed by atoms with Crippen molar-refractivity contribution in [2.24, 2.45) is 0 Å². The third kappa shape index (κ3) is 6.24. The maximum absolute atomic E-state index is 11.5. The predicted molar refractivity (Wildman–Crippen MR) is 81.7 cm³/mol. The van der Waals surface area contributed by atoms with E-state index in [0.29, 0.717) is 6.54 Å². The minimum atomic E-state index is -0.199. The molecule has 1 rings (SSSR count). The van der Waals surface area contributed by atoms with E-state index < -0.39 is 0 Å². The van der Waals surface area contributed by atoms with Crippen LogP contribution in [0.5, 0.6) is 5.75 Å². The van der Waals surface area contributed by atoms with Crippen molar-refractivity contribution in [3.05, 3.63) is 36.0 Å². The van der Waals surface area contributed by atoms with E-state index in [4.69, 9.17) is 4.74 Å². The Balaban J connectivity index is 2.31. The van der Waals surface area contributed by atoms with Gasteiger partial charge in [-0.05, 0) is 39.2 Å². The van der Waals surface area contributed by atoms with Crippen molar-refractivity contribution < 1.29 is 9.53 Å². The number of ether oxygens (including phenoxy) is 1. The number of nitrogens with one attached hydrogen (secondary N) is 2. The summed E-state index contributed by atoms with van der Waals surface area (Å²) < 4.78 is 5.22. The number of hydrogen-bond donors (Lipinski definition) is 2. The number of nitrogens with zero attached hydrogens (tertiary/aromatic N) is 1. The fourth-order valence-corrected chi connectivity index (χ4v) is 1.66. The van der Waals surface area contributed by atoms with Crippen molar-refractivity contribution in [1.82, 2.24) is 15.5 Å². The summed E-state index contributed by atoms with van der Waals surface area (Å²) in [6.45, 7) is 1.61. The molecule has 0 saturated carbocycles. The molecule has 0 aromatic heterocycles. The fraction of sp³-hybridized carbons (Fsp3) is 0.400. The summed E-state index contributed by atoms with van der Waals surface area (Å²) in [5.74, 6) is 0.775. The van der Waals surface area contributed by atoms with Crippen molar-refractivity contribution in [2.75, 3.05) is 34.3 Å². The number of carbonyl (C=O) groups is 1. The monoisotopic (exact) mass is 277 g/mol. The first-order valence-corrected chi connectivity index (χ1v) is 6.62.